The number of nitrogens with zero attached hydrogens (tertiary/aromatic N) is 4. The van der Waals surface area contributed by atoms with Crippen LogP contribution in [0.4, 0.5) is 0 Å². The van der Waals surface area contributed by atoms with Gasteiger partial charge in [0, 0.05) is 61.1 Å². The van der Waals surface area contributed by atoms with Crippen LogP contribution in [0.2, 0.25) is 10.0 Å². The summed E-state index contributed by atoms with van der Waals surface area (Å²) in [6.07, 6.45) is 7.42. The number of hydrogen-bond acceptors (Lipinski definition) is 4. The lowest BCUT2D eigenvalue weighted by molar-refractivity contribution is 0.105. The lowest BCUT2D eigenvalue weighted by Crippen LogP contribution is -2.48. The van der Waals surface area contributed by atoms with Gasteiger partial charge >= 0.3 is 0 Å². The van der Waals surface area contributed by atoms with Crippen molar-refractivity contribution in [3.8, 4) is 0 Å². The van der Waals surface area contributed by atoms with Gasteiger partial charge in [0.15, 0.2) is 0 Å². The Morgan fingerprint density at radius 2 is 1.29 bits per heavy atom. The first-order valence-corrected chi connectivity index (χ1v) is 17.3. The van der Waals surface area contributed by atoms with Crippen LogP contribution < -0.4 is 0 Å². The molecule has 0 saturated carbocycles. The van der Waals surface area contributed by atoms with Gasteiger partial charge in [-0.05, 0) is 103 Å². The second-order valence-electron chi connectivity index (χ2n) is 12.7. The molecular formula is C39H42Cl2N4. The molecule has 1 aromatic heterocycles. The van der Waals surface area contributed by atoms with Crippen LogP contribution >= 0.6 is 23.2 Å². The summed E-state index contributed by atoms with van der Waals surface area (Å²) in [6.45, 7) is 8.96. The topological polar surface area (TPSA) is 22.6 Å². The van der Waals surface area contributed by atoms with Crippen LogP contribution in [0.5, 0.6) is 0 Å². The van der Waals surface area contributed by atoms with Crippen LogP contribution in [-0.2, 0) is 12.8 Å². The van der Waals surface area contributed by atoms with E-state index in [0.717, 1.165) is 75.0 Å². The predicted octanol–water partition coefficient (Wildman–Crippen LogP) is 8.18. The number of likely N-dealkylation sites (tertiary alicyclic amines) is 1. The van der Waals surface area contributed by atoms with Gasteiger partial charge in [-0.1, -0.05) is 83.4 Å². The van der Waals surface area contributed by atoms with Gasteiger partial charge in [-0.25, -0.2) is 0 Å². The van der Waals surface area contributed by atoms with Crippen molar-refractivity contribution < 1.29 is 0 Å². The summed E-state index contributed by atoms with van der Waals surface area (Å²) >= 11 is 12.7. The number of piperidine rings is 1. The van der Waals surface area contributed by atoms with Crippen LogP contribution in [0, 0.1) is 0 Å². The van der Waals surface area contributed by atoms with Crippen LogP contribution in [0.25, 0.3) is 5.57 Å². The van der Waals surface area contributed by atoms with Gasteiger partial charge in [0.1, 0.15) is 0 Å². The van der Waals surface area contributed by atoms with Gasteiger partial charge in [-0.15, -0.1) is 0 Å². The minimum Gasteiger partial charge on any atom is -0.303 e. The maximum Gasteiger partial charge on any atom is 0.0739 e. The van der Waals surface area contributed by atoms with Crippen LogP contribution in [0.3, 0.4) is 0 Å². The number of halogens is 2. The van der Waals surface area contributed by atoms with Crippen molar-refractivity contribution in [3.63, 3.8) is 0 Å². The maximum atomic E-state index is 6.43. The second-order valence-corrected chi connectivity index (χ2v) is 13.6. The van der Waals surface area contributed by atoms with Gasteiger partial charge in [-0.2, -0.15) is 0 Å². The Bertz CT molecular complexity index is 1620. The number of aryl methyl sites for hydroxylation is 2. The van der Waals surface area contributed by atoms with Gasteiger partial charge < -0.3 is 9.80 Å². The van der Waals surface area contributed by atoms with E-state index < -0.39 is 0 Å². The highest BCUT2D eigenvalue weighted by Crippen LogP contribution is 2.38. The molecule has 232 valence electrons. The average molecular weight is 638 g/mol. The third-order valence-corrected chi connectivity index (χ3v) is 10.5. The normalized spacial score (nSPS) is 18.7. The fourth-order valence-corrected chi connectivity index (χ4v) is 7.91. The Morgan fingerprint density at radius 1 is 0.622 bits per heavy atom. The molecule has 1 atom stereocenters. The number of rotatable bonds is 7. The number of aromatic nitrogens is 1. The molecule has 45 heavy (non-hydrogen) atoms. The highest BCUT2D eigenvalue weighted by molar-refractivity contribution is 6.31. The molecule has 7 rings (SSSR count). The number of hydrogen-bond donors (Lipinski definition) is 0. The molecule has 2 saturated heterocycles. The van der Waals surface area contributed by atoms with Crippen LogP contribution in [0.1, 0.15) is 58.8 Å². The van der Waals surface area contributed by atoms with Crippen molar-refractivity contribution in [1.29, 1.82) is 0 Å². The van der Waals surface area contributed by atoms with E-state index in [1.165, 1.54) is 58.6 Å². The van der Waals surface area contributed by atoms with E-state index in [1.807, 2.05) is 24.4 Å². The molecule has 0 radical (unpaired) electrons. The Morgan fingerprint density at radius 3 is 2.04 bits per heavy atom. The first-order valence-electron chi connectivity index (χ1n) is 16.6. The molecule has 4 aromatic rings. The van der Waals surface area contributed by atoms with Crippen molar-refractivity contribution in [2.24, 2.45) is 0 Å². The van der Waals surface area contributed by atoms with Crippen molar-refractivity contribution in [3.05, 3.63) is 140 Å². The molecule has 3 heterocycles. The standard InChI is InChI=1S/C39H42Cl2N4/c40-34-13-11-32(12-14-34)39(31-6-2-1-3-7-31)45-26-24-44(25-27-45)21-5-20-43-22-17-29(18-23-43)37-36-16-15-35(41)28-33(36)10-9-30-8-4-19-42-38(30)37/h1-4,6-8,11-16,19,28,39H,5,9-10,17-18,20-27H2. The molecule has 3 aliphatic rings. The minimum absolute atomic E-state index is 0.266. The minimum atomic E-state index is 0.266. The molecule has 0 amide bonds. The van der Waals surface area contributed by atoms with E-state index in [1.54, 1.807) is 5.57 Å². The van der Waals surface area contributed by atoms with Crippen LogP contribution in [-0.4, -0.2) is 72.0 Å². The fraction of sp³-hybridized carbons (Fsp3) is 0.359. The number of fused-ring (bicyclic) bond motifs is 2. The van der Waals surface area contributed by atoms with Gasteiger partial charge in [0.25, 0.3) is 0 Å². The molecule has 1 aliphatic carbocycles. The first kappa shape index (κ1) is 30.7. The van der Waals surface area contributed by atoms with Crippen molar-refractivity contribution in [2.45, 2.75) is 38.1 Å². The maximum absolute atomic E-state index is 6.43. The molecule has 6 heteroatoms. The largest absolute Gasteiger partial charge is 0.303 e. The number of piperazine rings is 1. The monoisotopic (exact) mass is 636 g/mol. The smallest absolute Gasteiger partial charge is 0.0739 e. The van der Waals surface area contributed by atoms with E-state index in [-0.39, 0.29) is 6.04 Å². The van der Waals surface area contributed by atoms with E-state index in [4.69, 9.17) is 28.2 Å². The Balaban J connectivity index is 0.945. The molecule has 0 bridgehead atoms. The summed E-state index contributed by atoms with van der Waals surface area (Å²) in [4.78, 5) is 12.9. The van der Waals surface area contributed by atoms with Crippen molar-refractivity contribution in [1.82, 2.24) is 19.7 Å². The van der Waals surface area contributed by atoms with E-state index in [9.17, 15) is 0 Å². The summed E-state index contributed by atoms with van der Waals surface area (Å²) in [5, 5.41) is 1.62. The van der Waals surface area contributed by atoms with Crippen molar-refractivity contribution >= 4 is 28.8 Å². The van der Waals surface area contributed by atoms with Gasteiger partial charge in [0.05, 0.1) is 11.7 Å². The summed E-state index contributed by atoms with van der Waals surface area (Å²) in [5.74, 6) is 0. The van der Waals surface area contributed by atoms with E-state index in [0.29, 0.717) is 0 Å². The zero-order valence-electron chi connectivity index (χ0n) is 26.0. The Kier molecular flexibility index (Phi) is 9.67. The molecule has 2 aliphatic heterocycles. The Hall–Kier alpha value is -2.99. The highest BCUT2D eigenvalue weighted by atomic mass is 35.5. The fourth-order valence-electron chi connectivity index (χ4n) is 7.59. The summed E-state index contributed by atoms with van der Waals surface area (Å²) < 4.78 is 0. The van der Waals surface area contributed by atoms with Gasteiger partial charge in [-0.3, -0.25) is 9.88 Å². The SMILES string of the molecule is Clc1ccc(C(c2ccccc2)N2CCN(CCCN3CCC(=C4c5ccc(Cl)cc5CCc5cccnc54)CC3)CC2)cc1. The summed E-state index contributed by atoms with van der Waals surface area (Å²) in [7, 11) is 0. The molecule has 4 nitrogen and oxygen atoms in total. The Labute approximate surface area is 278 Å². The van der Waals surface area contributed by atoms with Crippen LogP contribution in [0.15, 0.2) is 96.7 Å². The molecule has 0 N–H and O–H groups in total. The lowest BCUT2D eigenvalue weighted by atomic mass is 9.88. The average Bonchev–Trinajstić information content (AvgIpc) is 3.24. The lowest BCUT2D eigenvalue weighted by Gasteiger charge is -2.40. The molecular weight excluding hydrogens is 595 g/mol. The van der Waals surface area contributed by atoms with Crippen molar-refractivity contribution in [2.75, 3.05) is 52.4 Å². The van der Waals surface area contributed by atoms with E-state index >= 15 is 0 Å². The third kappa shape index (κ3) is 7.06. The third-order valence-electron chi connectivity index (χ3n) is 9.96. The second kappa shape index (κ2) is 14.2. The molecule has 0 spiro atoms. The molecule has 2 fully saturated rings. The van der Waals surface area contributed by atoms with Gasteiger partial charge in [0.2, 0.25) is 0 Å². The zero-order chi connectivity index (χ0) is 30.6. The number of benzene rings is 3. The molecule has 1 unspecified atom stereocenters. The highest BCUT2D eigenvalue weighted by Gasteiger charge is 2.28. The predicted molar refractivity (Wildman–Crippen MR) is 187 cm³/mol. The molecule has 3 aromatic carbocycles. The zero-order valence-corrected chi connectivity index (χ0v) is 27.5. The van der Waals surface area contributed by atoms with E-state index in [2.05, 4.69) is 81.4 Å². The quantitative estimate of drug-likeness (QED) is 0.204. The summed E-state index contributed by atoms with van der Waals surface area (Å²) in [6, 6.07) is 30.4. The first-order chi connectivity index (χ1) is 22.1. The summed E-state index contributed by atoms with van der Waals surface area (Å²) in [5.41, 5.74) is 10.8. The number of pyridine rings is 1.